The van der Waals surface area contributed by atoms with Gasteiger partial charge >= 0.3 is 6.61 Å². The van der Waals surface area contributed by atoms with E-state index in [1.54, 1.807) is 7.05 Å². The maximum Gasteiger partial charge on any atom is 0.387 e. The van der Waals surface area contributed by atoms with Gasteiger partial charge < -0.3 is 19.7 Å². The van der Waals surface area contributed by atoms with Gasteiger partial charge in [0.05, 0.1) is 13.2 Å². The molecule has 0 amide bonds. The highest BCUT2D eigenvalue weighted by atomic mass is 127. The molecule has 0 saturated carbocycles. The first-order valence-corrected chi connectivity index (χ1v) is 9.08. The number of hydrogen-bond acceptors (Lipinski definition) is 4. The quantitative estimate of drug-likeness (QED) is 0.372. The summed E-state index contributed by atoms with van der Waals surface area (Å²) in [6.07, 6.45) is 1.01. The van der Waals surface area contributed by atoms with E-state index < -0.39 is 12.4 Å². The Labute approximate surface area is 180 Å². The van der Waals surface area contributed by atoms with Gasteiger partial charge in [-0.1, -0.05) is 6.07 Å². The van der Waals surface area contributed by atoms with Crippen molar-refractivity contribution in [3.63, 3.8) is 0 Å². The van der Waals surface area contributed by atoms with E-state index in [1.165, 1.54) is 18.2 Å². The summed E-state index contributed by atoms with van der Waals surface area (Å²) in [5, 5.41) is 3.07. The van der Waals surface area contributed by atoms with Gasteiger partial charge in [0.15, 0.2) is 5.96 Å². The molecule has 2 heterocycles. The normalized spacial score (nSPS) is 21.0. The lowest BCUT2D eigenvalue weighted by molar-refractivity contribution is -0.0506. The molecule has 2 fully saturated rings. The summed E-state index contributed by atoms with van der Waals surface area (Å²) >= 11 is 0. The van der Waals surface area contributed by atoms with Crippen LogP contribution in [0.15, 0.2) is 23.2 Å². The number of nitrogens with one attached hydrogen (secondary N) is 1. The monoisotopic (exact) mass is 514 g/mol. The van der Waals surface area contributed by atoms with Crippen LogP contribution in [0.4, 0.5) is 13.2 Å². The number of rotatable bonds is 5. The predicted molar refractivity (Wildman–Crippen MR) is 111 cm³/mol. The molecular weight excluding hydrogens is 488 g/mol. The third kappa shape index (κ3) is 5.86. The van der Waals surface area contributed by atoms with Gasteiger partial charge in [-0.05, 0) is 18.6 Å². The summed E-state index contributed by atoms with van der Waals surface area (Å²) in [6, 6.07) is 4.33. The molecule has 0 aromatic heterocycles. The fraction of sp³-hybridized carbons (Fsp3) is 0.611. The van der Waals surface area contributed by atoms with Gasteiger partial charge in [0, 0.05) is 51.4 Å². The number of nitrogens with zero attached hydrogens (tertiary/aromatic N) is 3. The number of guanidine groups is 1. The summed E-state index contributed by atoms with van der Waals surface area (Å²) < 4.78 is 49.0. The molecule has 0 aliphatic carbocycles. The summed E-state index contributed by atoms with van der Waals surface area (Å²) in [5.74, 6) is -0.138. The Morgan fingerprint density at radius 1 is 1.32 bits per heavy atom. The Morgan fingerprint density at radius 3 is 2.75 bits per heavy atom. The van der Waals surface area contributed by atoms with Crippen molar-refractivity contribution in [2.45, 2.75) is 25.6 Å². The maximum atomic E-state index is 14.1. The number of ether oxygens (including phenoxy) is 2. The van der Waals surface area contributed by atoms with Crippen molar-refractivity contribution in [3.05, 3.63) is 29.6 Å². The summed E-state index contributed by atoms with van der Waals surface area (Å²) in [6.45, 7) is 2.02. The van der Waals surface area contributed by atoms with Crippen LogP contribution in [0.1, 0.15) is 12.0 Å². The van der Waals surface area contributed by atoms with E-state index in [2.05, 4.69) is 24.8 Å². The molecule has 1 aromatic carbocycles. The Kier molecular flexibility index (Phi) is 9.09. The smallest absolute Gasteiger partial charge is 0.387 e. The second-order valence-corrected chi connectivity index (χ2v) is 6.53. The van der Waals surface area contributed by atoms with E-state index in [0.717, 1.165) is 45.8 Å². The van der Waals surface area contributed by atoms with E-state index >= 15 is 0 Å². The van der Waals surface area contributed by atoms with Gasteiger partial charge in [-0.3, -0.25) is 9.89 Å². The fourth-order valence-corrected chi connectivity index (χ4v) is 3.59. The standard InChI is InChI=1S/C18H25F3N4O2.HI/c1-22-18(25-6-5-13(12-25)24-7-9-26-10-8-24)23-11-14-15(19)3-2-4-16(14)27-17(20)21;/h2-4,13,17H,5-12H2,1H3,(H,22,23);1H. The number of hydrogen-bond donors (Lipinski definition) is 1. The summed E-state index contributed by atoms with van der Waals surface area (Å²) in [5.41, 5.74) is 0.0582. The largest absolute Gasteiger partial charge is 0.434 e. The molecule has 0 bridgehead atoms. The zero-order chi connectivity index (χ0) is 19.2. The molecule has 1 atom stereocenters. The Bertz CT molecular complexity index is 660. The molecule has 1 unspecified atom stereocenters. The molecule has 10 heteroatoms. The highest BCUT2D eigenvalue weighted by Gasteiger charge is 2.30. The highest BCUT2D eigenvalue weighted by Crippen LogP contribution is 2.23. The van der Waals surface area contributed by atoms with Crippen molar-refractivity contribution in [2.75, 3.05) is 46.4 Å². The zero-order valence-corrected chi connectivity index (χ0v) is 18.1. The van der Waals surface area contributed by atoms with Crippen molar-refractivity contribution in [3.8, 4) is 5.75 Å². The van der Waals surface area contributed by atoms with Gasteiger partial charge in [-0.2, -0.15) is 8.78 Å². The molecule has 2 saturated heterocycles. The molecular formula is C18H26F3IN4O2. The Balaban J connectivity index is 0.00000280. The van der Waals surface area contributed by atoms with Crippen LogP contribution < -0.4 is 10.1 Å². The SMILES string of the molecule is CN=C(NCc1c(F)cccc1OC(F)F)N1CCC(N2CCOCC2)C1.I. The Morgan fingerprint density at radius 2 is 2.07 bits per heavy atom. The van der Waals surface area contributed by atoms with Crippen LogP contribution in [0.25, 0.3) is 0 Å². The average molecular weight is 514 g/mol. The van der Waals surface area contributed by atoms with Gasteiger partial charge in [-0.25, -0.2) is 4.39 Å². The zero-order valence-electron chi connectivity index (χ0n) is 15.7. The van der Waals surface area contributed by atoms with Gasteiger partial charge in [0.25, 0.3) is 0 Å². The molecule has 158 valence electrons. The van der Waals surface area contributed by atoms with Crippen molar-refractivity contribution >= 4 is 29.9 Å². The highest BCUT2D eigenvalue weighted by molar-refractivity contribution is 14.0. The molecule has 1 N–H and O–H groups in total. The fourth-order valence-electron chi connectivity index (χ4n) is 3.59. The van der Waals surface area contributed by atoms with Crippen molar-refractivity contribution in [1.29, 1.82) is 0 Å². The first-order chi connectivity index (χ1) is 13.1. The number of alkyl halides is 2. The minimum absolute atomic E-state index is 0. The lowest BCUT2D eigenvalue weighted by Crippen LogP contribution is -2.46. The molecule has 1 aromatic rings. The van der Waals surface area contributed by atoms with Crippen LogP contribution in [-0.2, 0) is 11.3 Å². The maximum absolute atomic E-state index is 14.1. The van der Waals surface area contributed by atoms with Crippen LogP contribution in [0.5, 0.6) is 5.75 Å². The number of halogens is 4. The van der Waals surface area contributed by atoms with E-state index in [-0.39, 0.29) is 41.8 Å². The van der Waals surface area contributed by atoms with E-state index in [0.29, 0.717) is 12.0 Å². The second-order valence-electron chi connectivity index (χ2n) is 6.53. The third-order valence-corrected chi connectivity index (χ3v) is 4.95. The number of likely N-dealkylation sites (tertiary alicyclic amines) is 1. The summed E-state index contributed by atoms with van der Waals surface area (Å²) in [7, 11) is 1.66. The minimum atomic E-state index is -3.00. The molecule has 2 aliphatic heterocycles. The van der Waals surface area contributed by atoms with Gasteiger partial charge in [-0.15, -0.1) is 24.0 Å². The van der Waals surface area contributed by atoms with Crippen molar-refractivity contribution in [1.82, 2.24) is 15.1 Å². The van der Waals surface area contributed by atoms with Crippen LogP contribution in [0.3, 0.4) is 0 Å². The number of morpholine rings is 1. The van der Waals surface area contributed by atoms with Crippen LogP contribution in [-0.4, -0.2) is 74.9 Å². The average Bonchev–Trinajstić information content (AvgIpc) is 3.14. The van der Waals surface area contributed by atoms with Crippen molar-refractivity contribution < 1.29 is 22.6 Å². The third-order valence-electron chi connectivity index (χ3n) is 4.95. The second kappa shape index (κ2) is 11.1. The summed E-state index contributed by atoms with van der Waals surface area (Å²) in [4.78, 5) is 8.79. The van der Waals surface area contributed by atoms with Gasteiger partial charge in [0.1, 0.15) is 11.6 Å². The molecule has 6 nitrogen and oxygen atoms in total. The molecule has 3 rings (SSSR count). The minimum Gasteiger partial charge on any atom is -0.434 e. The molecule has 0 spiro atoms. The molecule has 2 aliphatic rings. The van der Waals surface area contributed by atoms with Crippen LogP contribution in [0.2, 0.25) is 0 Å². The van der Waals surface area contributed by atoms with Crippen LogP contribution >= 0.6 is 24.0 Å². The Hall–Kier alpha value is -1.27. The van der Waals surface area contributed by atoms with Gasteiger partial charge in [0.2, 0.25) is 0 Å². The first-order valence-electron chi connectivity index (χ1n) is 9.08. The predicted octanol–water partition coefficient (Wildman–Crippen LogP) is 2.53. The lowest BCUT2D eigenvalue weighted by atomic mass is 10.2. The van der Waals surface area contributed by atoms with Crippen molar-refractivity contribution in [2.24, 2.45) is 4.99 Å². The molecule has 28 heavy (non-hydrogen) atoms. The van der Waals surface area contributed by atoms with Crippen LogP contribution in [0, 0.1) is 5.82 Å². The first kappa shape index (κ1) is 23.0. The topological polar surface area (TPSA) is 49.3 Å². The lowest BCUT2D eigenvalue weighted by Gasteiger charge is -2.32. The van der Waals surface area contributed by atoms with E-state index in [9.17, 15) is 13.2 Å². The number of aliphatic imine (C=N–C) groups is 1. The number of benzene rings is 1. The molecule has 0 radical (unpaired) electrons. The van der Waals surface area contributed by atoms with E-state index in [1.807, 2.05) is 0 Å². The van der Waals surface area contributed by atoms with E-state index in [4.69, 9.17) is 4.74 Å².